The summed E-state index contributed by atoms with van der Waals surface area (Å²) in [6.45, 7) is 2.81. The van der Waals surface area contributed by atoms with Crippen LogP contribution < -0.4 is 0 Å². The van der Waals surface area contributed by atoms with Crippen molar-refractivity contribution in [1.29, 1.82) is 0 Å². The van der Waals surface area contributed by atoms with E-state index in [1.165, 1.54) is 0 Å². The van der Waals surface area contributed by atoms with Gasteiger partial charge in [-0.3, -0.25) is 0 Å². The molecule has 2 heterocycles. The van der Waals surface area contributed by atoms with Crippen LogP contribution in [0, 0.1) is 4.91 Å². The summed E-state index contributed by atoms with van der Waals surface area (Å²) < 4.78 is 11.6. The van der Waals surface area contributed by atoms with E-state index in [4.69, 9.17) is 19.4 Å². The lowest BCUT2D eigenvalue weighted by molar-refractivity contribution is -1.04. The van der Waals surface area contributed by atoms with Crippen LogP contribution in [0.2, 0.25) is 0 Å². The molecule has 2 unspecified atom stereocenters. The Balaban J connectivity index is 1.28. The molecule has 2 aliphatic heterocycles. The Morgan fingerprint density at radius 2 is 1.18 bits per heavy atom. The van der Waals surface area contributed by atoms with Crippen LogP contribution in [0.25, 0.3) is 0 Å². The third-order valence-corrected chi connectivity index (χ3v) is 4.77. The fourth-order valence-corrected chi connectivity index (χ4v) is 3.34. The number of rotatable bonds is 6. The minimum Gasteiger partial charge on any atom is -0.371 e. The van der Waals surface area contributed by atoms with Gasteiger partial charge in [-0.05, 0) is 11.1 Å². The van der Waals surface area contributed by atoms with Crippen molar-refractivity contribution >= 4 is 0 Å². The largest absolute Gasteiger partial charge is 0.519 e. The van der Waals surface area contributed by atoms with E-state index in [1.807, 2.05) is 60.7 Å². The second-order valence-electron chi connectivity index (χ2n) is 6.70. The summed E-state index contributed by atoms with van der Waals surface area (Å²) in [6.07, 6.45) is -0.289. The second kappa shape index (κ2) is 9.11. The van der Waals surface area contributed by atoms with E-state index in [1.54, 1.807) is 10.1 Å². The van der Waals surface area contributed by atoms with Crippen molar-refractivity contribution in [1.82, 2.24) is 10.1 Å². The quantitative estimate of drug-likeness (QED) is 0.707. The summed E-state index contributed by atoms with van der Waals surface area (Å²) in [5.41, 5.74) is 2.10. The molecule has 8 nitrogen and oxygen atoms in total. The minimum absolute atomic E-state index is 0.144. The van der Waals surface area contributed by atoms with E-state index in [2.05, 4.69) is 0 Å². The van der Waals surface area contributed by atoms with Crippen LogP contribution in [0.1, 0.15) is 23.3 Å². The molecular weight excluding hydrogens is 362 g/mol. The molecule has 0 aliphatic carbocycles. The number of nitrogens with zero attached hydrogens (tertiary/aromatic N) is 3. The first kappa shape index (κ1) is 18.8. The van der Waals surface area contributed by atoms with Crippen molar-refractivity contribution in [3.63, 3.8) is 0 Å². The summed E-state index contributed by atoms with van der Waals surface area (Å²) in [7, 11) is 0. The van der Waals surface area contributed by atoms with Gasteiger partial charge < -0.3 is 9.47 Å². The zero-order valence-electron chi connectivity index (χ0n) is 15.6. The second-order valence-corrected chi connectivity index (χ2v) is 6.70. The Labute approximate surface area is 163 Å². The number of hydrogen-bond donors (Lipinski definition) is 0. The maximum atomic E-state index is 12.2. The Kier molecular flexibility index (Phi) is 6.13. The molecule has 0 spiro atoms. The first-order valence-electron chi connectivity index (χ1n) is 9.44. The highest BCUT2D eigenvalue weighted by Crippen LogP contribution is 2.23. The number of morpholine rings is 2. The van der Waals surface area contributed by atoms with Crippen LogP contribution in [0.5, 0.6) is 0 Å². The number of benzene rings is 2. The maximum Gasteiger partial charge on any atom is 0.519 e. The van der Waals surface area contributed by atoms with E-state index in [-0.39, 0.29) is 17.3 Å². The number of hydrogen-bond acceptors (Lipinski definition) is 7. The van der Waals surface area contributed by atoms with Crippen molar-refractivity contribution in [3.05, 3.63) is 76.7 Å². The summed E-state index contributed by atoms with van der Waals surface area (Å²) in [6, 6.07) is 19.7. The Morgan fingerprint density at radius 3 is 1.61 bits per heavy atom. The van der Waals surface area contributed by atoms with Crippen molar-refractivity contribution in [3.8, 4) is 0 Å². The van der Waals surface area contributed by atoms with Gasteiger partial charge in [0, 0.05) is 0 Å². The molecule has 148 valence electrons. The summed E-state index contributed by atoms with van der Waals surface area (Å²) in [4.78, 5) is 22.8. The van der Waals surface area contributed by atoms with Gasteiger partial charge in [0.25, 0.3) is 0 Å². The van der Waals surface area contributed by atoms with E-state index in [9.17, 15) is 4.91 Å². The highest BCUT2D eigenvalue weighted by Gasteiger charge is 2.33. The van der Waals surface area contributed by atoms with Crippen LogP contribution in [0.15, 0.2) is 60.7 Å². The van der Waals surface area contributed by atoms with E-state index < -0.39 is 0 Å². The topological polar surface area (TPSA) is 63.5 Å². The third kappa shape index (κ3) is 4.85. The molecule has 8 heteroatoms. The van der Waals surface area contributed by atoms with Crippen LogP contribution in [-0.2, 0) is 19.4 Å². The van der Waals surface area contributed by atoms with Crippen LogP contribution >= 0.6 is 0 Å². The summed E-state index contributed by atoms with van der Waals surface area (Å²) in [5, 5.41) is 3.27. The minimum atomic E-state index is -0.144. The van der Waals surface area contributed by atoms with Gasteiger partial charge in [0.2, 0.25) is 0 Å². The first-order chi connectivity index (χ1) is 13.8. The number of ether oxygens (including phenoxy) is 2. The van der Waals surface area contributed by atoms with Crippen LogP contribution in [0.4, 0.5) is 0 Å². The molecule has 2 atom stereocenters. The smallest absolute Gasteiger partial charge is 0.371 e. The number of hydroxylamine groups is 4. The lowest BCUT2D eigenvalue weighted by Crippen LogP contribution is -2.44. The standard InChI is InChI=1S/C20H24N3O5/c24-23(27-21-11-13-25-19(15-21)17-7-3-1-4-8-17)28-22-12-14-26-20(16-22)18-9-5-2-6-10-18/h1-10,19-20H,11-16H2/q+1. The fourth-order valence-electron chi connectivity index (χ4n) is 3.34. The van der Waals surface area contributed by atoms with Gasteiger partial charge in [-0.25, -0.2) is 0 Å². The van der Waals surface area contributed by atoms with E-state index in [0.29, 0.717) is 39.4 Å². The monoisotopic (exact) mass is 386 g/mol. The van der Waals surface area contributed by atoms with Gasteiger partial charge >= 0.3 is 5.09 Å². The average Bonchev–Trinajstić information content (AvgIpc) is 2.75. The van der Waals surface area contributed by atoms with Gasteiger partial charge in [0.05, 0.1) is 51.6 Å². The maximum absolute atomic E-state index is 12.2. The van der Waals surface area contributed by atoms with Crippen molar-refractivity contribution in [2.45, 2.75) is 12.2 Å². The Hall–Kier alpha value is -2.52. The van der Waals surface area contributed by atoms with Gasteiger partial charge in [-0.15, -0.1) is 0 Å². The lowest BCUT2D eigenvalue weighted by atomic mass is 10.1. The first-order valence-corrected chi connectivity index (χ1v) is 9.44. The molecule has 28 heavy (non-hydrogen) atoms. The van der Waals surface area contributed by atoms with Gasteiger partial charge in [0.1, 0.15) is 4.91 Å². The zero-order chi connectivity index (χ0) is 19.2. The average molecular weight is 386 g/mol. The molecule has 0 bridgehead atoms. The predicted molar refractivity (Wildman–Crippen MR) is 99.2 cm³/mol. The van der Waals surface area contributed by atoms with Crippen molar-refractivity contribution in [2.75, 3.05) is 39.4 Å². The third-order valence-electron chi connectivity index (χ3n) is 4.77. The molecule has 0 aromatic heterocycles. The van der Waals surface area contributed by atoms with Crippen LogP contribution in [0.3, 0.4) is 0 Å². The van der Waals surface area contributed by atoms with E-state index >= 15 is 0 Å². The molecular formula is C20H24N3O5+. The van der Waals surface area contributed by atoms with Crippen molar-refractivity contribution < 1.29 is 24.4 Å². The Bertz CT molecular complexity index is 697. The highest BCUT2D eigenvalue weighted by atomic mass is 17.1. The van der Waals surface area contributed by atoms with Gasteiger partial charge in [0.15, 0.2) is 0 Å². The lowest BCUT2D eigenvalue weighted by Gasteiger charge is -2.29. The summed E-state index contributed by atoms with van der Waals surface area (Å²) in [5.74, 6) is 0. The SMILES string of the molecule is O=[N+](ON1CCOC(c2ccccc2)C1)ON1CCOC(c2ccccc2)C1. The molecule has 0 radical (unpaired) electrons. The normalized spacial score (nSPS) is 23.9. The Morgan fingerprint density at radius 1 is 0.750 bits per heavy atom. The zero-order valence-corrected chi connectivity index (χ0v) is 15.6. The molecule has 0 amide bonds. The molecule has 0 N–H and O–H groups in total. The van der Waals surface area contributed by atoms with Crippen molar-refractivity contribution in [2.24, 2.45) is 0 Å². The van der Waals surface area contributed by atoms with E-state index in [0.717, 1.165) is 11.1 Å². The van der Waals surface area contributed by atoms with Gasteiger partial charge in [-0.1, -0.05) is 80.7 Å². The van der Waals surface area contributed by atoms with Crippen LogP contribution in [-0.4, -0.2) is 54.6 Å². The fraction of sp³-hybridized carbons (Fsp3) is 0.400. The predicted octanol–water partition coefficient (Wildman–Crippen LogP) is 2.61. The molecule has 2 fully saturated rings. The molecule has 2 aromatic carbocycles. The summed E-state index contributed by atoms with van der Waals surface area (Å²) >= 11 is 0. The molecule has 2 aliphatic rings. The highest BCUT2D eigenvalue weighted by molar-refractivity contribution is 5.19. The molecule has 2 saturated heterocycles. The van der Waals surface area contributed by atoms with Gasteiger partial charge in [-0.2, -0.15) is 0 Å². The molecule has 2 aromatic rings. The molecule has 0 saturated carbocycles. The molecule has 4 rings (SSSR count).